The third kappa shape index (κ3) is 4.87. The van der Waals surface area contributed by atoms with E-state index in [1.165, 1.54) is 7.11 Å². The molecular weight excluding hydrogens is 248 g/mol. The van der Waals surface area contributed by atoms with Gasteiger partial charge < -0.3 is 19.7 Å². The molecule has 0 aromatic heterocycles. The van der Waals surface area contributed by atoms with E-state index in [0.717, 1.165) is 0 Å². The molecule has 0 saturated heterocycles. The molecule has 0 saturated carbocycles. The first-order chi connectivity index (χ1) is 9.06. The largest absolute Gasteiger partial charge is 0.482 e. The SMILES string of the molecule is CCN(C)C(=O)Nc1cccc(OCC(=O)OC)c1. The Morgan fingerprint density at radius 2 is 2.11 bits per heavy atom. The van der Waals surface area contributed by atoms with Crippen molar-refractivity contribution in [3.63, 3.8) is 0 Å². The Hall–Kier alpha value is -2.24. The second kappa shape index (κ2) is 7.25. The second-order valence-electron chi connectivity index (χ2n) is 3.84. The molecule has 0 unspecified atom stereocenters. The maximum atomic E-state index is 11.7. The van der Waals surface area contributed by atoms with Gasteiger partial charge in [-0.15, -0.1) is 0 Å². The monoisotopic (exact) mass is 266 g/mol. The summed E-state index contributed by atoms with van der Waals surface area (Å²) >= 11 is 0. The summed E-state index contributed by atoms with van der Waals surface area (Å²) in [7, 11) is 3.00. The number of amides is 2. The van der Waals surface area contributed by atoms with Crippen LogP contribution >= 0.6 is 0 Å². The molecule has 1 aromatic carbocycles. The van der Waals surface area contributed by atoms with Crippen LogP contribution in [0.5, 0.6) is 5.75 Å². The Bertz CT molecular complexity index is 448. The number of benzene rings is 1. The van der Waals surface area contributed by atoms with E-state index in [1.807, 2.05) is 6.92 Å². The molecule has 0 radical (unpaired) electrons. The molecule has 0 aliphatic rings. The highest BCUT2D eigenvalue weighted by Gasteiger charge is 2.07. The van der Waals surface area contributed by atoms with Crippen LogP contribution in [0.4, 0.5) is 10.5 Å². The van der Waals surface area contributed by atoms with Crippen LogP contribution in [-0.4, -0.2) is 44.2 Å². The van der Waals surface area contributed by atoms with Gasteiger partial charge in [0.25, 0.3) is 0 Å². The minimum absolute atomic E-state index is 0.164. The maximum Gasteiger partial charge on any atom is 0.343 e. The first-order valence-electron chi connectivity index (χ1n) is 5.88. The van der Waals surface area contributed by atoms with Crippen molar-refractivity contribution in [2.75, 3.05) is 32.6 Å². The summed E-state index contributed by atoms with van der Waals surface area (Å²) in [5, 5.41) is 2.73. The summed E-state index contributed by atoms with van der Waals surface area (Å²) in [5.41, 5.74) is 0.604. The molecule has 104 valence electrons. The fourth-order valence-corrected chi connectivity index (χ4v) is 1.23. The van der Waals surface area contributed by atoms with Gasteiger partial charge in [0.1, 0.15) is 5.75 Å². The number of hydrogen-bond acceptors (Lipinski definition) is 4. The molecule has 0 bridgehead atoms. The van der Waals surface area contributed by atoms with E-state index in [9.17, 15) is 9.59 Å². The lowest BCUT2D eigenvalue weighted by Gasteiger charge is -2.15. The molecule has 19 heavy (non-hydrogen) atoms. The van der Waals surface area contributed by atoms with Crippen molar-refractivity contribution in [3.05, 3.63) is 24.3 Å². The molecule has 0 spiro atoms. The number of ether oxygens (including phenoxy) is 2. The predicted octanol–water partition coefficient (Wildman–Crippen LogP) is 1.72. The summed E-state index contributed by atoms with van der Waals surface area (Å²) in [6, 6.07) is 6.61. The van der Waals surface area contributed by atoms with Crippen molar-refractivity contribution in [1.29, 1.82) is 0 Å². The highest BCUT2D eigenvalue weighted by Crippen LogP contribution is 2.17. The Kier molecular flexibility index (Phi) is 5.66. The van der Waals surface area contributed by atoms with Gasteiger partial charge in [0.15, 0.2) is 6.61 Å². The number of methoxy groups -OCH3 is 1. The first kappa shape index (κ1) is 14.8. The molecule has 0 aliphatic heterocycles. The average Bonchev–Trinajstić information content (AvgIpc) is 2.44. The van der Waals surface area contributed by atoms with E-state index >= 15 is 0 Å². The third-order valence-electron chi connectivity index (χ3n) is 2.49. The number of urea groups is 1. The fourth-order valence-electron chi connectivity index (χ4n) is 1.23. The molecule has 2 amide bonds. The quantitative estimate of drug-likeness (QED) is 0.824. The van der Waals surface area contributed by atoms with Crippen LogP contribution in [-0.2, 0) is 9.53 Å². The van der Waals surface area contributed by atoms with Gasteiger partial charge in [-0.05, 0) is 19.1 Å². The molecule has 0 heterocycles. The van der Waals surface area contributed by atoms with E-state index in [0.29, 0.717) is 18.0 Å². The highest BCUT2D eigenvalue weighted by atomic mass is 16.6. The summed E-state index contributed by atoms with van der Waals surface area (Å²) in [5.74, 6) is 0.0301. The lowest BCUT2D eigenvalue weighted by molar-refractivity contribution is -0.142. The van der Waals surface area contributed by atoms with E-state index in [2.05, 4.69) is 10.1 Å². The minimum Gasteiger partial charge on any atom is -0.482 e. The van der Waals surface area contributed by atoms with Crippen LogP contribution in [0.2, 0.25) is 0 Å². The van der Waals surface area contributed by atoms with Crippen molar-refractivity contribution in [1.82, 2.24) is 4.90 Å². The zero-order valence-electron chi connectivity index (χ0n) is 11.3. The first-order valence-corrected chi connectivity index (χ1v) is 5.88. The lowest BCUT2D eigenvalue weighted by atomic mass is 10.3. The fraction of sp³-hybridized carbons (Fsp3) is 0.385. The standard InChI is InChI=1S/C13H18N2O4/c1-4-15(2)13(17)14-10-6-5-7-11(8-10)19-9-12(16)18-3/h5-8H,4,9H2,1-3H3,(H,14,17). The summed E-state index contributed by atoms with van der Waals surface area (Å²) in [6.45, 7) is 2.34. The number of nitrogens with one attached hydrogen (secondary N) is 1. The van der Waals surface area contributed by atoms with Gasteiger partial charge in [0.05, 0.1) is 7.11 Å². The zero-order chi connectivity index (χ0) is 14.3. The number of carbonyl (C=O) groups is 2. The molecule has 0 atom stereocenters. The summed E-state index contributed by atoms with van der Waals surface area (Å²) < 4.78 is 9.70. The van der Waals surface area contributed by atoms with Crippen LogP contribution in [0, 0.1) is 0 Å². The smallest absolute Gasteiger partial charge is 0.343 e. The predicted molar refractivity (Wildman–Crippen MR) is 71.3 cm³/mol. The van der Waals surface area contributed by atoms with Crippen LogP contribution in [0.3, 0.4) is 0 Å². The number of esters is 1. The average molecular weight is 266 g/mol. The van der Waals surface area contributed by atoms with Gasteiger partial charge in [-0.3, -0.25) is 0 Å². The van der Waals surface area contributed by atoms with Gasteiger partial charge in [-0.1, -0.05) is 6.07 Å². The van der Waals surface area contributed by atoms with Crippen LogP contribution in [0.25, 0.3) is 0 Å². The molecular formula is C13H18N2O4. The van der Waals surface area contributed by atoms with Gasteiger partial charge in [0, 0.05) is 25.3 Å². The zero-order valence-corrected chi connectivity index (χ0v) is 11.3. The summed E-state index contributed by atoms with van der Waals surface area (Å²) in [6.07, 6.45) is 0. The highest BCUT2D eigenvalue weighted by molar-refractivity contribution is 5.89. The Morgan fingerprint density at radius 1 is 1.37 bits per heavy atom. The topological polar surface area (TPSA) is 67.9 Å². The number of anilines is 1. The Balaban J connectivity index is 2.61. The van der Waals surface area contributed by atoms with Crippen molar-refractivity contribution in [2.45, 2.75) is 6.92 Å². The maximum absolute atomic E-state index is 11.7. The van der Waals surface area contributed by atoms with Gasteiger partial charge >= 0.3 is 12.0 Å². The molecule has 1 rings (SSSR count). The number of nitrogens with zero attached hydrogens (tertiary/aromatic N) is 1. The number of hydrogen-bond donors (Lipinski definition) is 1. The third-order valence-corrected chi connectivity index (χ3v) is 2.49. The van der Waals surface area contributed by atoms with Crippen LogP contribution in [0.15, 0.2) is 24.3 Å². The van der Waals surface area contributed by atoms with E-state index < -0.39 is 5.97 Å². The van der Waals surface area contributed by atoms with Gasteiger partial charge in [-0.2, -0.15) is 0 Å². The Labute approximate surface area is 112 Å². The molecule has 0 fully saturated rings. The molecule has 1 aromatic rings. The van der Waals surface area contributed by atoms with E-state index in [1.54, 1.807) is 36.2 Å². The molecule has 6 heteroatoms. The van der Waals surface area contributed by atoms with Crippen molar-refractivity contribution < 1.29 is 19.1 Å². The van der Waals surface area contributed by atoms with Crippen LogP contribution < -0.4 is 10.1 Å². The second-order valence-corrected chi connectivity index (χ2v) is 3.84. The normalized spacial score (nSPS) is 9.63. The van der Waals surface area contributed by atoms with Crippen molar-refractivity contribution >= 4 is 17.7 Å². The van der Waals surface area contributed by atoms with Gasteiger partial charge in [-0.25, -0.2) is 9.59 Å². The number of rotatable bonds is 5. The van der Waals surface area contributed by atoms with E-state index in [-0.39, 0.29) is 12.6 Å². The molecule has 1 N–H and O–H groups in total. The number of carbonyl (C=O) groups excluding carboxylic acids is 2. The molecule has 6 nitrogen and oxygen atoms in total. The van der Waals surface area contributed by atoms with Crippen molar-refractivity contribution in [3.8, 4) is 5.75 Å². The van der Waals surface area contributed by atoms with Crippen molar-refractivity contribution in [2.24, 2.45) is 0 Å². The Morgan fingerprint density at radius 3 is 2.74 bits per heavy atom. The molecule has 0 aliphatic carbocycles. The van der Waals surface area contributed by atoms with Crippen LogP contribution in [0.1, 0.15) is 6.92 Å². The van der Waals surface area contributed by atoms with E-state index in [4.69, 9.17) is 4.74 Å². The van der Waals surface area contributed by atoms with Gasteiger partial charge in [0.2, 0.25) is 0 Å². The minimum atomic E-state index is -0.458. The lowest BCUT2D eigenvalue weighted by Crippen LogP contribution is -2.30. The summed E-state index contributed by atoms with van der Waals surface area (Å²) in [4.78, 5) is 24.2.